The molecule has 0 aromatic heterocycles. The highest BCUT2D eigenvalue weighted by Crippen LogP contribution is 2.04. The smallest absolute Gasteiger partial charge is 0.239 e. The molecule has 1 unspecified atom stereocenters. The van der Waals surface area contributed by atoms with Crippen LogP contribution < -0.4 is 5.73 Å². The average molecular weight is 229 g/mol. The number of carbonyl (C=O) groups is 1. The van der Waals surface area contributed by atoms with E-state index >= 15 is 0 Å². The lowest BCUT2D eigenvalue weighted by Gasteiger charge is -2.33. The Labute approximate surface area is 97.5 Å². The Balaban J connectivity index is 2.27. The lowest BCUT2D eigenvalue weighted by molar-refractivity contribution is -0.134. The van der Waals surface area contributed by atoms with Gasteiger partial charge in [-0.2, -0.15) is 0 Å². The fraction of sp³-hybridized carbons (Fsp3) is 0.909. The predicted octanol–water partition coefficient (Wildman–Crippen LogP) is -0.486. The summed E-state index contributed by atoms with van der Waals surface area (Å²) in [6.07, 6.45) is 1.55. The number of ether oxygens (including phenoxy) is 1. The molecule has 0 aromatic rings. The summed E-state index contributed by atoms with van der Waals surface area (Å²) >= 11 is 0. The van der Waals surface area contributed by atoms with Crippen LogP contribution in [0.3, 0.4) is 0 Å². The summed E-state index contributed by atoms with van der Waals surface area (Å²) in [5, 5.41) is 0. The average Bonchev–Trinajstić information content (AvgIpc) is 2.29. The second-order valence-corrected chi connectivity index (χ2v) is 4.37. The fourth-order valence-corrected chi connectivity index (χ4v) is 1.83. The first-order chi connectivity index (χ1) is 7.65. The van der Waals surface area contributed by atoms with E-state index in [4.69, 9.17) is 10.5 Å². The van der Waals surface area contributed by atoms with Crippen LogP contribution in [-0.2, 0) is 9.53 Å². The van der Waals surface area contributed by atoms with E-state index in [1.54, 1.807) is 7.11 Å². The summed E-state index contributed by atoms with van der Waals surface area (Å²) < 4.78 is 4.94. The zero-order chi connectivity index (χ0) is 12.0. The molecule has 2 N–H and O–H groups in total. The number of likely N-dealkylation sites (N-methyl/N-ethyl adjacent to an activating group) is 1. The van der Waals surface area contributed by atoms with Crippen molar-refractivity contribution in [2.24, 2.45) is 5.73 Å². The van der Waals surface area contributed by atoms with Gasteiger partial charge in [0.2, 0.25) is 5.91 Å². The summed E-state index contributed by atoms with van der Waals surface area (Å²) in [6, 6.07) is -0.362. The van der Waals surface area contributed by atoms with Crippen LogP contribution in [0.2, 0.25) is 0 Å². The Morgan fingerprint density at radius 1 is 1.38 bits per heavy atom. The maximum absolute atomic E-state index is 11.9. The van der Waals surface area contributed by atoms with Gasteiger partial charge >= 0.3 is 0 Å². The Hall–Kier alpha value is -0.650. The predicted molar refractivity (Wildman–Crippen MR) is 63.2 cm³/mol. The highest BCUT2D eigenvalue weighted by Gasteiger charge is 2.23. The first-order valence-corrected chi connectivity index (χ1v) is 5.87. The highest BCUT2D eigenvalue weighted by atomic mass is 16.5. The van der Waals surface area contributed by atoms with Crippen LogP contribution >= 0.6 is 0 Å². The van der Waals surface area contributed by atoms with E-state index < -0.39 is 0 Å². The van der Waals surface area contributed by atoms with Gasteiger partial charge in [0.25, 0.3) is 0 Å². The molecule has 0 aliphatic carbocycles. The molecule has 0 bridgehead atoms. The number of carbonyl (C=O) groups excluding carboxylic acids is 1. The Morgan fingerprint density at radius 2 is 2.00 bits per heavy atom. The van der Waals surface area contributed by atoms with Gasteiger partial charge in [0.1, 0.15) is 0 Å². The van der Waals surface area contributed by atoms with Crippen LogP contribution in [0.25, 0.3) is 0 Å². The number of nitrogens with zero attached hydrogens (tertiary/aromatic N) is 2. The quantitative estimate of drug-likeness (QED) is 0.647. The standard InChI is InChI=1S/C11H23N3O2/c1-13-5-7-14(8-6-13)11(15)10(12)4-3-9-16-2/h10H,3-9,12H2,1-2H3. The van der Waals surface area contributed by atoms with Crippen molar-refractivity contribution in [3.05, 3.63) is 0 Å². The molecule has 1 aliphatic heterocycles. The van der Waals surface area contributed by atoms with Crippen LogP contribution in [0.5, 0.6) is 0 Å². The van der Waals surface area contributed by atoms with Gasteiger partial charge in [0, 0.05) is 39.9 Å². The van der Waals surface area contributed by atoms with Crippen molar-refractivity contribution >= 4 is 5.91 Å². The molecule has 1 atom stereocenters. The van der Waals surface area contributed by atoms with Crippen molar-refractivity contribution in [1.82, 2.24) is 9.80 Å². The number of hydrogen-bond donors (Lipinski definition) is 1. The molecule has 1 fully saturated rings. The van der Waals surface area contributed by atoms with Crippen LogP contribution in [0.1, 0.15) is 12.8 Å². The van der Waals surface area contributed by atoms with Crippen molar-refractivity contribution < 1.29 is 9.53 Å². The second kappa shape index (κ2) is 6.83. The topological polar surface area (TPSA) is 58.8 Å². The molecular weight excluding hydrogens is 206 g/mol. The molecule has 16 heavy (non-hydrogen) atoms. The molecule has 94 valence electrons. The maximum atomic E-state index is 11.9. The monoisotopic (exact) mass is 229 g/mol. The first-order valence-electron chi connectivity index (χ1n) is 5.87. The van der Waals surface area contributed by atoms with Crippen molar-refractivity contribution in [2.75, 3.05) is 46.9 Å². The molecule has 0 radical (unpaired) electrons. The summed E-state index contributed by atoms with van der Waals surface area (Å²) in [7, 11) is 3.73. The molecule has 5 nitrogen and oxygen atoms in total. The van der Waals surface area contributed by atoms with Gasteiger partial charge < -0.3 is 20.3 Å². The van der Waals surface area contributed by atoms with Gasteiger partial charge in [-0.1, -0.05) is 0 Å². The Kier molecular flexibility index (Phi) is 5.73. The molecule has 1 amide bonds. The molecule has 1 heterocycles. The molecule has 1 rings (SSSR count). The van der Waals surface area contributed by atoms with Crippen LogP contribution in [-0.4, -0.2) is 68.7 Å². The molecule has 5 heteroatoms. The molecule has 0 saturated carbocycles. The van der Waals surface area contributed by atoms with Crippen molar-refractivity contribution in [2.45, 2.75) is 18.9 Å². The number of hydrogen-bond acceptors (Lipinski definition) is 4. The van der Waals surface area contributed by atoms with Gasteiger partial charge in [-0.05, 0) is 19.9 Å². The van der Waals surface area contributed by atoms with Gasteiger partial charge in [0.15, 0.2) is 0 Å². The van der Waals surface area contributed by atoms with E-state index in [0.717, 1.165) is 32.6 Å². The largest absolute Gasteiger partial charge is 0.385 e. The number of amides is 1. The summed E-state index contributed by atoms with van der Waals surface area (Å²) in [5.41, 5.74) is 5.86. The van der Waals surface area contributed by atoms with Crippen molar-refractivity contribution in [3.63, 3.8) is 0 Å². The minimum atomic E-state index is -0.362. The number of rotatable bonds is 5. The van der Waals surface area contributed by atoms with E-state index in [2.05, 4.69) is 11.9 Å². The minimum Gasteiger partial charge on any atom is -0.385 e. The van der Waals surface area contributed by atoms with E-state index in [1.807, 2.05) is 4.90 Å². The molecule has 0 aromatic carbocycles. The number of methoxy groups -OCH3 is 1. The normalized spacial score (nSPS) is 19.8. The number of piperazine rings is 1. The fourth-order valence-electron chi connectivity index (χ4n) is 1.83. The first kappa shape index (κ1) is 13.4. The SMILES string of the molecule is COCCCC(N)C(=O)N1CCN(C)CC1. The van der Waals surface area contributed by atoms with Crippen LogP contribution in [0.4, 0.5) is 0 Å². The van der Waals surface area contributed by atoms with Gasteiger partial charge in [-0.15, -0.1) is 0 Å². The zero-order valence-electron chi connectivity index (χ0n) is 10.3. The third-order valence-corrected chi connectivity index (χ3v) is 3.00. The van der Waals surface area contributed by atoms with E-state index in [9.17, 15) is 4.79 Å². The lowest BCUT2D eigenvalue weighted by atomic mass is 10.1. The third-order valence-electron chi connectivity index (χ3n) is 3.00. The molecule has 0 spiro atoms. The van der Waals surface area contributed by atoms with Gasteiger partial charge in [-0.25, -0.2) is 0 Å². The van der Waals surface area contributed by atoms with Gasteiger partial charge in [0.05, 0.1) is 6.04 Å². The summed E-state index contributed by atoms with van der Waals surface area (Å²) in [5.74, 6) is 0.0872. The Bertz CT molecular complexity index is 215. The van der Waals surface area contributed by atoms with E-state index in [-0.39, 0.29) is 11.9 Å². The van der Waals surface area contributed by atoms with Crippen LogP contribution in [0, 0.1) is 0 Å². The zero-order valence-corrected chi connectivity index (χ0v) is 10.3. The van der Waals surface area contributed by atoms with Crippen LogP contribution in [0.15, 0.2) is 0 Å². The molecule has 1 aliphatic rings. The van der Waals surface area contributed by atoms with E-state index in [0.29, 0.717) is 13.0 Å². The molecular formula is C11H23N3O2. The lowest BCUT2D eigenvalue weighted by Crippen LogP contribution is -2.52. The van der Waals surface area contributed by atoms with Gasteiger partial charge in [-0.3, -0.25) is 4.79 Å². The molecule has 1 saturated heterocycles. The summed E-state index contributed by atoms with van der Waals surface area (Å²) in [6.45, 7) is 4.15. The second-order valence-electron chi connectivity index (χ2n) is 4.37. The summed E-state index contributed by atoms with van der Waals surface area (Å²) in [4.78, 5) is 16.0. The third kappa shape index (κ3) is 4.08. The Morgan fingerprint density at radius 3 is 2.56 bits per heavy atom. The minimum absolute atomic E-state index is 0.0872. The number of nitrogens with two attached hydrogens (primary N) is 1. The van der Waals surface area contributed by atoms with Crippen molar-refractivity contribution in [1.29, 1.82) is 0 Å². The van der Waals surface area contributed by atoms with E-state index in [1.165, 1.54) is 0 Å². The maximum Gasteiger partial charge on any atom is 0.239 e. The van der Waals surface area contributed by atoms with Crippen molar-refractivity contribution in [3.8, 4) is 0 Å². The highest BCUT2D eigenvalue weighted by molar-refractivity contribution is 5.81.